The number of hydrogen-bond acceptors (Lipinski definition) is 8. The van der Waals surface area contributed by atoms with Crippen molar-refractivity contribution in [2.24, 2.45) is 0 Å². The van der Waals surface area contributed by atoms with Gasteiger partial charge >= 0.3 is 0 Å². The minimum absolute atomic E-state index is 0.0151. The third-order valence-electron chi connectivity index (χ3n) is 4.15. The van der Waals surface area contributed by atoms with Crippen LogP contribution in [0.25, 0.3) is 12.2 Å². The topological polar surface area (TPSA) is 156 Å². The molecule has 2 atom stereocenters. The van der Waals surface area contributed by atoms with Gasteiger partial charge in [-0.3, -0.25) is 9.59 Å². The number of phenolic OH excluding ortho intramolecular Hbond substituents is 3. The molecule has 0 amide bonds. The molecular formula is C21H20O8. The molecule has 0 aromatic heterocycles. The predicted molar refractivity (Wildman–Crippen MR) is 104 cm³/mol. The van der Waals surface area contributed by atoms with Crippen LogP contribution in [0.1, 0.15) is 11.1 Å². The Balaban J connectivity index is 2.28. The Hall–Kier alpha value is -3.46. The van der Waals surface area contributed by atoms with Gasteiger partial charge in [-0.15, -0.1) is 0 Å². The van der Waals surface area contributed by atoms with Crippen LogP contribution >= 0.6 is 0 Å². The van der Waals surface area contributed by atoms with Gasteiger partial charge in [-0.25, -0.2) is 0 Å². The average molecular weight is 400 g/mol. The Bertz CT molecular complexity index is 946. The second-order valence-electron chi connectivity index (χ2n) is 6.20. The minimum Gasteiger partial charge on any atom is -0.508 e. The zero-order valence-corrected chi connectivity index (χ0v) is 15.1. The molecule has 0 bridgehead atoms. The van der Waals surface area contributed by atoms with Gasteiger partial charge in [-0.05, 0) is 47.5 Å². The van der Waals surface area contributed by atoms with Crippen molar-refractivity contribution < 1.29 is 40.2 Å². The van der Waals surface area contributed by atoms with Gasteiger partial charge in [0.25, 0.3) is 0 Å². The fraction of sp³-hybridized carbons (Fsp3) is 0.143. The van der Waals surface area contributed by atoms with Crippen LogP contribution in [0.5, 0.6) is 17.2 Å². The van der Waals surface area contributed by atoms with E-state index in [1.807, 2.05) is 0 Å². The summed E-state index contributed by atoms with van der Waals surface area (Å²) in [7, 11) is 0. The number of phenols is 3. The van der Waals surface area contributed by atoms with E-state index in [4.69, 9.17) is 0 Å². The van der Waals surface area contributed by atoms with Crippen LogP contribution in [0.15, 0.2) is 54.6 Å². The van der Waals surface area contributed by atoms with E-state index in [1.165, 1.54) is 42.5 Å². The molecule has 8 heteroatoms. The molecule has 6 N–H and O–H groups in total. The monoisotopic (exact) mass is 400 g/mol. The molecule has 0 saturated heterocycles. The van der Waals surface area contributed by atoms with Gasteiger partial charge in [0.15, 0.2) is 23.1 Å². The molecule has 2 aromatic rings. The quantitative estimate of drug-likeness (QED) is 0.215. The first-order valence-electron chi connectivity index (χ1n) is 8.45. The molecule has 0 aliphatic heterocycles. The molecule has 2 rings (SSSR count). The van der Waals surface area contributed by atoms with E-state index >= 15 is 0 Å². The highest BCUT2D eigenvalue weighted by molar-refractivity contribution is 6.20. The predicted octanol–water partition coefficient (Wildman–Crippen LogP) is 0.752. The van der Waals surface area contributed by atoms with Crippen molar-refractivity contribution in [2.45, 2.75) is 11.7 Å². The summed E-state index contributed by atoms with van der Waals surface area (Å²) in [6, 6.07) is 9.42. The second kappa shape index (κ2) is 9.16. The van der Waals surface area contributed by atoms with Gasteiger partial charge in [0, 0.05) is 0 Å². The number of benzene rings is 2. The highest BCUT2D eigenvalue weighted by Crippen LogP contribution is 2.26. The Morgan fingerprint density at radius 2 is 1.38 bits per heavy atom. The smallest absolute Gasteiger partial charge is 0.217 e. The minimum atomic E-state index is -2.93. The van der Waals surface area contributed by atoms with Gasteiger partial charge in [-0.2, -0.15) is 0 Å². The highest BCUT2D eigenvalue weighted by Gasteiger charge is 2.47. The summed E-state index contributed by atoms with van der Waals surface area (Å²) in [6.07, 6.45) is 2.05. The lowest BCUT2D eigenvalue weighted by Gasteiger charge is -2.26. The van der Waals surface area contributed by atoms with Gasteiger partial charge < -0.3 is 30.6 Å². The molecule has 2 aromatic carbocycles. The first-order valence-corrected chi connectivity index (χ1v) is 8.45. The fourth-order valence-electron chi connectivity index (χ4n) is 2.41. The van der Waals surface area contributed by atoms with E-state index in [0.29, 0.717) is 5.56 Å². The highest BCUT2D eigenvalue weighted by atomic mass is 16.4. The third kappa shape index (κ3) is 5.08. The molecule has 2 unspecified atom stereocenters. The van der Waals surface area contributed by atoms with Gasteiger partial charge in [0.05, 0.1) is 6.61 Å². The summed E-state index contributed by atoms with van der Waals surface area (Å²) in [4.78, 5) is 25.0. The van der Waals surface area contributed by atoms with Crippen molar-refractivity contribution in [2.75, 3.05) is 6.61 Å². The Kier molecular flexibility index (Phi) is 6.89. The molecular weight excluding hydrogens is 380 g/mol. The maximum Gasteiger partial charge on any atom is 0.217 e. The summed E-state index contributed by atoms with van der Waals surface area (Å²) in [5.41, 5.74) is -2.17. The largest absolute Gasteiger partial charge is 0.508 e. The maximum atomic E-state index is 12.5. The van der Waals surface area contributed by atoms with Crippen molar-refractivity contribution in [3.05, 3.63) is 65.7 Å². The number of ketones is 2. The average Bonchev–Trinajstić information content (AvgIpc) is 2.72. The first kappa shape index (κ1) is 21.8. The van der Waals surface area contributed by atoms with Crippen LogP contribution in [0.2, 0.25) is 0 Å². The normalized spacial score (nSPS) is 14.7. The Labute approximate surface area is 165 Å². The summed E-state index contributed by atoms with van der Waals surface area (Å²) >= 11 is 0. The number of rotatable bonds is 8. The summed E-state index contributed by atoms with van der Waals surface area (Å²) in [6.45, 7) is -1.05. The molecule has 0 heterocycles. The molecule has 0 saturated carbocycles. The zero-order valence-electron chi connectivity index (χ0n) is 15.1. The van der Waals surface area contributed by atoms with Crippen LogP contribution in [0, 0.1) is 0 Å². The Morgan fingerprint density at radius 1 is 0.862 bits per heavy atom. The molecule has 0 fully saturated rings. The summed E-state index contributed by atoms with van der Waals surface area (Å²) in [5, 5.41) is 57.7. The van der Waals surface area contributed by atoms with Crippen molar-refractivity contribution in [1.82, 2.24) is 0 Å². The zero-order chi connectivity index (χ0) is 21.6. The van der Waals surface area contributed by atoms with Crippen LogP contribution in [0.4, 0.5) is 0 Å². The molecule has 0 spiro atoms. The number of aliphatic hydroxyl groups is 3. The molecule has 0 aliphatic carbocycles. The SMILES string of the molecule is O=C(C=Cc1ccc(O)cc1)C(O)(C(=O)C=Cc1ccc(O)c(O)c1)C(O)CO. The van der Waals surface area contributed by atoms with E-state index in [9.17, 15) is 40.2 Å². The summed E-state index contributed by atoms with van der Waals surface area (Å²) in [5.74, 6) is -3.13. The molecule has 0 aliphatic rings. The van der Waals surface area contributed by atoms with Gasteiger partial charge in [-0.1, -0.05) is 30.4 Å². The number of hydrogen-bond donors (Lipinski definition) is 6. The van der Waals surface area contributed by atoms with E-state index in [-0.39, 0.29) is 17.1 Å². The maximum absolute atomic E-state index is 12.5. The molecule has 0 radical (unpaired) electrons. The summed E-state index contributed by atoms with van der Waals surface area (Å²) < 4.78 is 0. The molecule has 8 nitrogen and oxygen atoms in total. The van der Waals surface area contributed by atoms with E-state index in [2.05, 4.69) is 0 Å². The second-order valence-corrected chi connectivity index (χ2v) is 6.20. The number of aromatic hydroxyl groups is 3. The lowest BCUT2D eigenvalue weighted by atomic mass is 9.86. The number of carbonyl (C=O) groups excluding carboxylic acids is 2. The van der Waals surface area contributed by atoms with Crippen LogP contribution < -0.4 is 0 Å². The number of aliphatic hydroxyl groups excluding tert-OH is 2. The lowest BCUT2D eigenvalue weighted by molar-refractivity contribution is -0.159. The standard InChI is InChI=1S/C21H20O8/c22-12-20(28)21(29,18(26)9-4-13-1-6-15(23)7-2-13)19(27)10-5-14-3-8-16(24)17(25)11-14/h1-11,20,22-25,28-29H,12H2. The Morgan fingerprint density at radius 3 is 1.90 bits per heavy atom. The van der Waals surface area contributed by atoms with Crippen LogP contribution in [-0.4, -0.2) is 60.5 Å². The van der Waals surface area contributed by atoms with Crippen LogP contribution in [-0.2, 0) is 9.59 Å². The first-order chi connectivity index (χ1) is 13.7. The van der Waals surface area contributed by atoms with Crippen LogP contribution in [0.3, 0.4) is 0 Å². The third-order valence-corrected chi connectivity index (χ3v) is 4.15. The van der Waals surface area contributed by atoms with E-state index < -0.39 is 35.6 Å². The van der Waals surface area contributed by atoms with Gasteiger partial charge in [0.2, 0.25) is 5.60 Å². The fourth-order valence-corrected chi connectivity index (χ4v) is 2.41. The van der Waals surface area contributed by atoms with Crippen molar-refractivity contribution in [3.63, 3.8) is 0 Å². The van der Waals surface area contributed by atoms with Crippen molar-refractivity contribution >= 4 is 23.7 Å². The van der Waals surface area contributed by atoms with Gasteiger partial charge in [0.1, 0.15) is 11.9 Å². The molecule has 152 valence electrons. The number of carbonyl (C=O) groups is 2. The van der Waals surface area contributed by atoms with Crippen molar-refractivity contribution in [3.8, 4) is 17.2 Å². The van der Waals surface area contributed by atoms with Crippen molar-refractivity contribution in [1.29, 1.82) is 0 Å². The molecule has 29 heavy (non-hydrogen) atoms. The lowest BCUT2D eigenvalue weighted by Crippen LogP contribution is -2.56. The van der Waals surface area contributed by atoms with E-state index in [0.717, 1.165) is 24.3 Å². The van der Waals surface area contributed by atoms with E-state index in [1.54, 1.807) is 0 Å².